The van der Waals surface area contributed by atoms with Gasteiger partial charge in [0.2, 0.25) is 0 Å². The molecule has 0 radical (unpaired) electrons. The van der Waals surface area contributed by atoms with Crippen molar-refractivity contribution in [3.05, 3.63) is 53.6 Å². The van der Waals surface area contributed by atoms with Gasteiger partial charge in [0.25, 0.3) is 0 Å². The molecule has 0 saturated carbocycles. The fourth-order valence-electron chi connectivity index (χ4n) is 4.49. The maximum atomic E-state index is 13.1. The van der Waals surface area contributed by atoms with Gasteiger partial charge in [0.15, 0.2) is 11.5 Å². The van der Waals surface area contributed by atoms with Gasteiger partial charge in [0.1, 0.15) is 0 Å². The van der Waals surface area contributed by atoms with Crippen LogP contribution in [0, 0.1) is 5.92 Å². The molecule has 2 amide bonds. The van der Waals surface area contributed by atoms with Crippen molar-refractivity contribution in [1.82, 2.24) is 4.90 Å². The molecular formula is C26H34N2O6. The Morgan fingerprint density at radius 1 is 1.06 bits per heavy atom. The van der Waals surface area contributed by atoms with Crippen LogP contribution in [0.25, 0.3) is 0 Å². The predicted octanol–water partition coefficient (Wildman–Crippen LogP) is 5.40. The molecule has 8 heteroatoms. The van der Waals surface area contributed by atoms with E-state index in [0.29, 0.717) is 30.2 Å². The molecule has 1 aliphatic heterocycles. The lowest BCUT2D eigenvalue weighted by Gasteiger charge is -2.45. The number of carbonyl (C=O) groups excluding carboxylic acids is 2. The number of nitrogens with zero attached hydrogens (tertiary/aromatic N) is 2. The molecule has 8 nitrogen and oxygen atoms in total. The molecule has 1 aliphatic rings. The maximum absolute atomic E-state index is 13.1. The largest absolute Gasteiger partial charge is 0.493 e. The van der Waals surface area contributed by atoms with Gasteiger partial charge in [-0.3, -0.25) is 9.80 Å². The van der Waals surface area contributed by atoms with Crippen molar-refractivity contribution in [3.63, 3.8) is 0 Å². The van der Waals surface area contributed by atoms with Crippen LogP contribution in [0.3, 0.4) is 0 Å². The number of amides is 2. The fourth-order valence-corrected chi connectivity index (χ4v) is 4.49. The molecule has 0 aromatic heterocycles. The summed E-state index contributed by atoms with van der Waals surface area (Å²) in [7, 11) is 4.49. The topological polar surface area (TPSA) is 77.5 Å². The smallest absolute Gasteiger partial charge is 0.414 e. The first-order valence-corrected chi connectivity index (χ1v) is 11.5. The Labute approximate surface area is 201 Å². The van der Waals surface area contributed by atoms with Crippen molar-refractivity contribution in [2.45, 2.75) is 45.8 Å². The van der Waals surface area contributed by atoms with E-state index >= 15 is 0 Å². The van der Waals surface area contributed by atoms with Crippen molar-refractivity contribution in [1.29, 1.82) is 0 Å². The second-order valence-corrected chi connectivity index (χ2v) is 8.48. The van der Waals surface area contributed by atoms with Crippen molar-refractivity contribution < 1.29 is 28.5 Å². The Bertz CT molecular complexity index is 994. The number of carbonyl (C=O) groups is 2. The summed E-state index contributed by atoms with van der Waals surface area (Å²) in [4.78, 5) is 29.5. The van der Waals surface area contributed by atoms with Gasteiger partial charge >= 0.3 is 12.2 Å². The molecule has 0 N–H and O–H groups in total. The molecule has 184 valence electrons. The SMILES string of the molecule is CCOC(=O)N1c2cc(OC)c(OC)cc2C(N(Cc2ccccc2)C(=O)OC)CC1C(C)C. The van der Waals surface area contributed by atoms with Crippen molar-refractivity contribution >= 4 is 17.9 Å². The molecule has 0 saturated heterocycles. The van der Waals surface area contributed by atoms with E-state index in [4.69, 9.17) is 18.9 Å². The maximum Gasteiger partial charge on any atom is 0.414 e. The molecule has 0 spiro atoms. The molecule has 3 rings (SSSR count). The first-order valence-electron chi connectivity index (χ1n) is 11.5. The summed E-state index contributed by atoms with van der Waals surface area (Å²) in [6, 6.07) is 12.8. The second-order valence-electron chi connectivity index (χ2n) is 8.48. The van der Waals surface area contributed by atoms with Crippen LogP contribution in [0.5, 0.6) is 11.5 Å². The Kier molecular flexibility index (Phi) is 8.26. The average Bonchev–Trinajstić information content (AvgIpc) is 2.85. The van der Waals surface area contributed by atoms with Crippen LogP contribution >= 0.6 is 0 Å². The third kappa shape index (κ3) is 5.05. The highest BCUT2D eigenvalue weighted by atomic mass is 16.6. The van der Waals surface area contributed by atoms with Gasteiger partial charge in [-0.25, -0.2) is 9.59 Å². The number of ether oxygens (including phenoxy) is 4. The summed E-state index contributed by atoms with van der Waals surface area (Å²) in [5.41, 5.74) is 2.38. The molecule has 2 atom stereocenters. The number of hydrogen-bond acceptors (Lipinski definition) is 6. The lowest BCUT2D eigenvalue weighted by Crippen LogP contribution is -2.51. The first-order chi connectivity index (χ1) is 16.4. The van der Waals surface area contributed by atoms with Crippen LogP contribution in [0.2, 0.25) is 0 Å². The molecule has 2 aromatic carbocycles. The van der Waals surface area contributed by atoms with E-state index in [0.717, 1.165) is 11.1 Å². The summed E-state index contributed by atoms with van der Waals surface area (Å²) in [6.07, 6.45) is -0.358. The molecule has 34 heavy (non-hydrogen) atoms. The lowest BCUT2D eigenvalue weighted by atomic mass is 9.85. The predicted molar refractivity (Wildman–Crippen MR) is 129 cm³/mol. The Balaban J connectivity index is 2.20. The molecule has 0 bridgehead atoms. The average molecular weight is 471 g/mol. The summed E-state index contributed by atoms with van der Waals surface area (Å²) < 4.78 is 21.7. The van der Waals surface area contributed by atoms with Gasteiger partial charge in [-0.15, -0.1) is 0 Å². The molecular weight excluding hydrogens is 436 g/mol. The normalized spacial score (nSPS) is 17.1. The number of rotatable bonds is 7. The number of benzene rings is 2. The van der Waals surface area contributed by atoms with Gasteiger partial charge in [-0.2, -0.15) is 0 Å². The van der Waals surface area contributed by atoms with E-state index in [1.807, 2.05) is 36.4 Å². The summed E-state index contributed by atoms with van der Waals surface area (Å²) >= 11 is 0. The molecule has 1 heterocycles. The van der Waals surface area contributed by atoms with Crippen LogP contribution in [-0.2, 0) is 16.0 Å². The third-order valence-corrected chi connectivity index (χ3v) is 6.16. The number of fused-ring (bicyclic) bond motifs is 1. The van der Waals surface area contributed by atoms with Gasteiger partial charge in [0.05, 0.1) is 39.7 Å². The molecule has 2 unspecified atom stereocenters. The number of anilines is 1. The van der Waals surface area contributed by atoms with E-state index < -0.39 is 12.2 Å². The van der Waals surface area contributed by atoms with Crippen LogP contribution in [0.4, 0.5) is 15.3 Å². The fraction of sp³-hybridized carbons (Fsp3) is 0.462. The van der Waals surface area contributed by atoms with E-state index in [1.54, 1.807) is 37.0 Å². The van der Waals surface area contributed by atoms with Crippen molar-refractivity contribution in [2.24, 2.45) is 5.92 Å². The Morgan fingerprint density at radius 2 is 1.71 bits per heavy atom. The minimum atomic E-state index is -0.443. The molecule has 0 aliphatic carbocycles. The van der Waals surface area contributed by atoms with Gasteiger partial charge in [-0.1, -0.05) is 44.2 Å². The number of hydrogen-bond donors (Lipinski definition) is 0. The monoisotopic (exact) mass is 470 g/mol. The van der Waals surface area contributed by atoms with Crippen LogP contribution < -0.4 is 14.4 Å². The summed E-state index contributed by atoms with van der Waals surface area (Å²) in [6.45, 7) is 6.51. The van der Waals surface area contributed by atoms with Gasteiger partial charge in [0, 0.05) is 24.2 Å². The minimum Gasteiger partial charge on any atom is -0.493 e. The van der Waals surface area contributed by atoms with Crippen LogP contribution in [-0.4, -0.2) is 51.1 Å². The van der Waals surface area contributed by atoms with E-state index in [-0.39, 0.29) is 24.6 Å². The van der Waals surface area contributed by atoms with Crippen LogP contribution in [0.1, 0.15) is 44.4 Å². The minimum absolute atomic E-state index is 0.101. The van der Waals surface area contributed by atoms with Gasteiger partial charge in [-0.05, 0) is 30.9 Å². The first kappa shape index (κ1) is 25.2. The highest BCUT2D eigenvalue weighted by Gasteiger charge is 2.43. The van der Waals surface area contributed by atoms with E-state index in [1.165, 1.54) is 7.11 Å². The third-order valence-electron chi connectivity index (χ3n) is 6.16. The standard InChI is InChI=1S/C26H34N2O6/c1-7-34-26(30)28-20(17(2)3)14-21(19-13-23(31-4)24(32-5)15-22(19)28)27(25(29)33-6)16-18-11-9-8-10-12-18/h8-13,15,17,20-21H,7,14,16H2,1-6H3. The Hall–Kier alpha value is -3.42. The zero-order valence-electron chi connectivity index (χ0n) is 20.7. The van der Waals surface area contributed by atoms with Crippen LogP contribution in [0.15, 0.2) is 42.5 Å². The van der Waals surface area contributed by atoms with Crippen molar-refractivity contribution in [3.8, 4) is 11.5 Å². The highest BCUT2D eigenvalue weighted by molar-refractivity contribution is 5.91. The zero-order chi connectivity index (χ0) is 24.8. The van der Waals surface area contributed by atoms with Gasteiger partial charge < -0.3 is 18.9 Å². The molecule has 0 fully saturated rings. The quantitative estimate of drug-likeness (QED) is 0.539. The van der Waals surface area contributed by atoms with Crippen molar-refractivity contribution in [2.75, 3.05) is 32.8 Å². The van der Waals surface area contributed by atoms with E-state index in [9.17, 15) is 9.59 Å². The second kappa shape index (κ2) is 11.1. The highest BCUT2D eigenvalue weighted by Crippen LogP contribution is 2.47. The number of methoxy groups -OCH3 is 3. The molecule has 2 aromatic rings. The summed E-state index contributed by atoms with van der Waals surface area (Å²) in [5, 5.41) is 0. The Morgan fingerprint density at radius 3 is 2.26 bits per heavy atom. The van der Waals surface area contributed by atoms with E-state index in [2.05, 4.69) is 13.8 Å². The summed E-state index contributed by atoms with van der Waals surface area (Å²) in [5.74, 6) is 1.11. The lowest BCUT2D eigenvalue weighted by molar-refractivity contribution is 0.0911. The zero-order valence-corrected chi connectivity index (χ0v) is 20.7.